The Balaban J connectivity index is 2.42. The molecule has 0 spiro atoms. The first kappa shape index (κ1) is 15.8. The molecule has 2 N–H and O–H groups in total. The van der Waals surface area contributed by atoms with Crippen LogP contribution in [0.1, 0.15) is 12.5 Å². The number of ether oxygens (including phenoxy) is 1. The molecule has 0 bridgehead atoms. The summed E-state index contributed by atoms with van der Waals surface area (Å²) < 4.78 is 5.12. The lowest BCUT2D eigenvalue weighted by Crippen LogP contribution is -2.43. The minimum atomic E-state index is -1.02. The number of carboxylic acid groups (broad SMARTS) is 1. The highest BCUT2D eigenvalue weighted by Gasteiger charge is 2.13. The number of likely N-dealkylation sites (N-methyl/N-ethyl adjacent to an activating group) is 1. The van der Waals surface area contributed by atoms with Crippen LogP contribution in [0.3, 0.4) is 0 Å². The minimum absolute atomic E-state index is 0.290. The largest absolute Gasteiger partial charge is 0.497 e. The van der Waals surface area contributed by atoms with E-state index in [0.717, 1.165) is 11.3 Å². The highest BCUT2D eigenvalue weighted by atomic mass is 16.5. The van der Waals surface area contributed by atoms with E-state index in [-0.39, 0.29) is 12.6 Å². The SMILES string of the molecule is CCN(CC(=O)O)C(=O)NCCc1cccc(OC)c1. The van der Waals surface area contributed by atoms with Crippen molar-refractivity contribution < 1.29 is 19.4 Å². The van der Waals surface area contributed by atoms with Crippen LogP contribution in [0.4, 0.5) is 4.79 Å². The number of urea groups is 1. The van der Waals surface area contributed by atoms with Gasteiger partial charge in [-0.05, 0) is 31.0 Å². The first-order valence-electron chi connectivity index (χ1n) is 6.44. The predicted octanol–water partition coefficient (Wildman–Crippen LogP) is 1.35. The summed E-state index contributed by atoms with van der Waals surface area (Å²) >= 11 is 0. The predicted molar refractivity (Wildman–Crippen MR) is 75.0 cm³/mol. The van der Waals surface area contributed by atoms with Crippen molar-refractivity contribution in [1.82, 2.24) is 10.2 Å². The number of nitrogens with zero attached hydrogens (tertiary/aromatic N) is 1. The number of hydrogen-bond acceptors (Lipinski definition) is 3. The molecule has 20 heavy (non-hydrogen) atoms. The summed E-state index contributed by atoms with van der Waals surface area (Å²) in [5.41, 5.74) is 1.05. The van der Waals surface area contributed by atoms with Gasteiger partial charge in [0, 0.05) is 13.1 Å². The Bertz CT molecular complexity index is 462. The van der Waals surface area contributed by atoms with Crippen molar-refractivity contribution in [1.29, 1.82) is 0 Å². The Labute approximate surface area is 118 Å². The third-order valence-corrected chi connectivity index (χ3v) is 2.82. The van der Waals surface area contributed by atoms with Crippen LogP contribution in [0.15, 0.2) is 24.3 Å². The van der Waals surface area contributed by atoms with Gasteiger partial charge in [-0.3, -0.25) is 4.79 Å². The summed E-state index contributed by atoms with van der Waals surface area (Å²) in [4.78, 5) is 23.6. The number of hydrogen-bond donors (Lipinski definition) is 2. The topological polar surface area (TPSA) is 78.9 Å². The normalized spacial score (nSPS) is 9.90. The second-order valence-electron chi connectivity index (χ2n) is 4.24. The second-order valence-corrected chi connectivity index (χ2v) is 4.24. The lowest BCUT2D eigenvalue weighted by Gasteiger charge is -2.19. The highest BCUT2D eigenvalue weighted by molar-refractivity contribution is 5.80. The number of methoxy groups -OCH3 is 1. The van der Waals surface area contributed by atoms with Crippen molar-refractivity contribution in [2.75, 3.05) is 26.7 Å². The van der Waals surface area contributed by atoms with Gasteiger partial charge in [0.25, 0.3) is 0 Å². The van der Waals surface area contributed by atoms with Crippen LogP contribution in [0.25, 0.3) is 0 Å². The molecule has 0 saturated carbocycles. The molecule has 0 radical (unpaired) electrons. The number of carbonyl (C=O) groups excluding carboxylic acids is 1. The van der Waals surface area contributed by atoms with Gasteiger partial charge in [0.2, 0.25) is 0 Å². The number of carbonyl (C=O) groups is 2. The number of carboxylic acids is 1. The molecule has 0 unspecified atom stereocenters. The van der Waals surface area contributed by atoms with E-state index in [2.05, 4.69) is 5.32 Å². The summed E-state index contributed by atoms with van der Waals surface area (Å²) in [6.45, 7) is 2.26. The van der Waals surface area contributed by atoms with Crippen molar-refractivity contribution in [3.05, 3.63) is 29.8 Å². The van der Waals surface area contributed by atoms with E-state index in [1.165, 1.54) is 4.90 Å². The van der Waals surface area contributed by atoms with Crippen LogP contribution in [-0.2, 0) is 11.2 Å². The molecule has 0 aromatic heterocycles. The number of rotatable bonds is 7. The molecule has 0 heterocycles. The van der Waals surface area contributed by atoms with Gasteiger partial charge in [-0.15, -0.1) is 0 Å². The maximum Gasteiger partial charge on any atom is 0.323 e. The molecule has 0 saturated heterocycles. The number of amides is 2. The highest BCUT2D eigenvalue weighted by Crippen LogP contribution is 2.12. The van der Waals surface area contributed by atoms with Crippen LogP contribution in [0.5, 0.6) is 5.75 Å². The molecule has 0 fully saturated rings. The second kappa shape index (κ2) is 8.04. The Morgan fingerprint density at radius 2 is 2.15 bits per heavy atom. The maximum absolute atomic E-state index is 11.7. The Morgan fingerprint density at radius 1 is 1.40 bits per heavy atom. The summed E-state index contributed by atoms with van der Waals surface area (Å²) in [6, 6.07) is 7.23. The van der Waals surface area contributed by atoms with Crippen molar-refractivity contribution in [3.8, 4) is 5.75 Å². The smallest absolute Gasteiger partial charge is 0.323 e. The average molecular weight is 280 g/mol. The van der Waals surface area contributed by atoms with Gasteiger partial charge in [0.15, 0.2) is 0 Å². The maximum atomic E-state index is 11.7. The van der Waals surface area contributed by atoms with Crippen molar-refractivity contribution in [2.45, 2.75) is 13.3 Å². The fourth-order valence-corrected chi connectivity index (χ4v) is 1.74. The molecular formula is C14H20N2O4. The Morgan fingerprint density at radius 3 is 2.75 bits per heavy atom. The quantitative estimate of drug-likeness (QED) is 0.790. The average Bonchev–Trinajstić information content (AvgIpc) is 2.44. The van der Waals surface area contributed by atoms with E-state index in [9.17, 15) is 9.59 Å². The van der Waals surface area contributed by atoms with Crippen LogP contribution < -0.4 is 10.1 Å². The standard InChI is InChI=1S/C14H20N2O4/c1-3-16(10-13(17)18)14(19)15-8-7-11-5-4-6-12(9-11)20-2/h4-6,9H,3,7-8,10H2,1-2H3,(H,15,19)(H,17,18). The van der Waals surface area contributed by atoms with Crippen LogP contribution in [0, 0.1) is 0 Å². The third kappa shape index (κ3) is 5.17. The van der Waals surface area contributed by atoms with Gasteiger partial charge in [0.05, 0.1) is 7.11 Å². The zero-order valence-corrected chi connectivity index (χ0v) is 11.8. The summed E-state index contributed by atoms with van der Waals surface area (Å²) in [5.74, 6) is -0.246. The van der Waals surface area contributed by atoms with Crippen LogP contribution in [-0.4, -0.2) is 48.8 Å². The van der Waals surface area contributed by atoms with Crippen LogP contribution >= 0.6 is 0 Å². The number of nitrogens with one attached hydrogen (secondary N) is 1. The first-order valence-corrected chi connectivity index (χ1v) is 6.44. The molecule has 1 aromatic carbocycles. The van der Waals surface area contributed by atoms with Gasteiger partial charge >= 0.3 is 12.0 Å². The molecule has 2 amide bonds. The van der Waals surface area contributed by atoms with E-state index >= 15 is 0 Å². The molecule has 110 valence electrons. The lowest BCUT2D eigenvalue weighted by molar-refractivity contribution is -0.137. The van der Waals surface area contributed by atoms with Crippen molar-refractivity contribution in [2.24, 2.45) is 0 Å². The number of benzene rings is 1. The summed E-state index contributed by atoms with van der Waals surface area (Å²) in [7, 11) is 1.60. The van der Waals surface area contributed by atoms with Gasteiger partial charge < -0.3 is 20.1 Å². The molecule has 6 nitrogen and oxygen atoms in total. The first-order chi connectivity index (χ1) is 9.56. The van der Waals surface area contributed by atoms with Gasteiger partial charge in [-0.2, -0.15) is 0 Å². The van der Waals surface area contributed by atoms with Gasteiger partial charge in [0.1, 0.15) is 12.3 Å². The van der Waals surface area contributed by atoms with E-state index in [4.69, 9.17) is 9.84 Å². The van der Waals surface area contributed by atoms with Gasteiger partial charge in [-0.25, -0.2) is 4.79 Å². The van der Waals surface area contributed by atoms with E-state index in [1.54, 1.807) is 14.0 Å². The Hall–Kier alpha value is -2.24. The Kier molecular flexibility index (Phi) is 6.36. The molecule has 1 rings (SSSR count). The van der Waals surface area contributed by atoms with E-state index in [0.29, 0.717) is 19.5 Å². The minimum Gasteiger partial charge on any atom is -0.497 e. The molecule has 0 aliphatic heterocycles. The summed E-state index contributed by atoms with van der Waals surface area (Å²) in [5, 5.41) is 11.4. The molecule has 0 atom stereocenters. The fourth-order valence-electron chi connectivity index (χ4n) is 1.74. The molecule has 6 heteroatoms. The molecular weight excluding hydrogens is 260 g/mol. The van der Waals surface area contributed by atoms with Crippen molar-refractivity contribution in [3.63, 3.8) is 0 Å². The molecule has 0 aliphatic rings. The van der Waals surface area contributed by atoms with E-state index < -0.39 is 5.97 Å². The molecule has 1 aromatic rings. The zero-order chi connectivity index (χ0) is 15.0. The fraction of sp³-hybridized carbons (Fsp3) is 0.429. The third-order valence-electron chi connectivity index (χ3n) is 2.82. The summed E-state index contributed by atoms with van der Waals surface area (Å²) in [6.07, 6.45) is 0.660. The zero-order valence-electron chi connectivity index (χ0n) is 11.8. The van der Waals surface area contributed by atoms with Crippen LogP contribution in [0.2, 0.25) is 0 Å². The van der Waals surface area contributed by atoms with Crippen molar-refractivity contribution >= 4 is 12.0 Å². The monoisotopic (exact) mass is 280 g/mol. The molecule has 0 aliphatic carbocycles. The number of aliphatic carboxylic acids is 1. The van der Waals surface area contributed by atoms with Gasteiger partial charge in [-0.1, -0.05) is 12.1 Å². The lowest BCUT2D eigenvalue weighted by atomic mass is 10.1. The van der Waals surface area contributed by atoms with E-state index in [1.807, 2.05) is 24.3 Å².